The summed E-state index contributed by atoms with van der Waals surface area (Å²) in [6.07, 6.45) is 0.314. The Morgan fingerprint density at radius 3 is 2.83 bits per heavy atom. The Morgan fingerprint density at radius 1 is 1.40 bits per heavy atom. The highest BCUT2D eigenvalue weighted by molar-refractivity contribution is 7.92. The third-order valence-corrected chi connectivity index (χ3v) is 9.83. The van der Waals surface area contributed by atoms with E-state index in [4.69, 9.17) is 9.47 Å². The van der Waals surface area contributed by atoms with E-state index in [2.05, 4.69) is 0 Å². The van der Waals surface area contributed by atoms with Gasteiger partial charge in [-0.3, -0.25) is 9.69 Å². The minimum Gasteiger partial charge on any atom is -0.366 e. The minimum atomic E-state index is -3.41. The first-order valence-electron chi connectivity index (χ1n) is 10.2. The minimum absolute atomic E-state index is 0.00258. The molecule has 7 nitrogen and oxygen atoms in total. The van der Waals surface area contributed by atoms with Crippen LogP contribution in [0.1, 0.15) is 37.8 Å². The van der Waals surface area contributed by atoms with Crippen LogP contribution in [0, 0.1) is 23.2 Å². The van der Waals surface area contributed by atoms with Crippen molar-refractivity contribution in [3.8, 4) is 6.07 Å². The average Bonchev–Trinajstić information content (AvgIpc) is 3.31. The second-order valence-corrected chi connectivity index (χ2v) is 11.3. The summed E-state index contributed by atoms with van der Waals surface area (Å²) in [4.78, 5) is 15.2. The number of fused-ring (bicyclic) bond motifs is 2. The summed E-state index contributed by atoms with van der Waals surface area (Å²) < 4.78 is 51.6. The molecule has 4 heterocycles. The lowest BCUT2D eigenvalue weighted by molar-refractivity contribution is -0.139. The van der Waals surface area contributed by atoms with Gasteiger partial charge in [0.1, 0.15) is 12.9 Å². The SMILES string of the molecule is CCS(=O)(=O)[C@H]1C[C@@]23CCO[C@H]4[C@@H]2[C@H](C(=O)N4c2ccc(C#N)c(CF)c2)[C@]1(C)O3. The van der Waals surface area contributed by atoms with Crippen LogP contribution in [0.25, 0.3) is 0 Å². The fraction of sp³-hybridized carbons (Fsp3) is 0.619. The number of anilines is 1. The molecule has 30 heavy (non-hydrogen) atoms. The molecule has 0 radical (unpaired) electrons. The molecule has 0 aromatic heterocycles. The number of carbonyl (C=O) groups is 1. The summed E-state index contributed by atoms with van der Waals surface area (Å²) in [7, 11) is -3.41. The van der Waals surface area contributed by atoms with Crippen molar-refractivity contribution in [3.63, 3.8) is 0 Å². The molecule has 1 aromatic rings. The lowest BCUT2D eigenvalue weighted by Crippen LogP contribution is -2.55. The molecule has 0 aliphatic carbocycles. The highest BCUT2D eigenvalue weighted by atomic mass is 32.2. The fourth-order valence-electron chi connectivity index (χ4n) is 6.21. The molecule has 4 aliphatic rings. The van der Waals surface area contributed by atoms with Gasteiger partial charge in [-0.15, -0.1) is 0 Å². The van der Waals surface area contributed by atoms with Crippen LogP contribution in [-0.4, -0.2) is 49.4 Å². The number of rotatable bonds is 4. The second-order valence-electron chi connectivity index (χ2n) is 8.80. The van der Waals surface area contributed by atoms with E-state index in [-0.39, 0.29) is 28.7 Å². The van der Waals surface area contributed by atoms with Gasteiger partial charge in [-0.25, -0.2) is 12.8 Å². The number of halogens is 1. The van der Waals surface area contributed by atoms with E-state index in [0.717, 1.165) is 0 Å². The number of benzene rings is 1. The molecule has 1 amide bonds. The van der Waals surface area contributed by atoms with Gasteiger partial charge in [0.15, 0.2) is 9.84 Å². The Bertz CT molecular complexity index is 1090. The van der Waals surface area contributed by atoms with E-state index >= 15 is 0 Å². The largest absolute Gasteiger partial charge is 0.366 e. The molecular formula is C21H23FN2O5S. The van der Waals surface area contributed by atoms with E-state index < -0.39 is 45.1 Å². The number of hydrogen-bond acceptors (Lipinski definition) is 6. The summed E-state index contributed by atoms with van der Waals surface area (Å²) in [5, 5.41) is 8.44. The van der Waals surface area contributed by atoms with Gasteiger partial charge in [-0.1, -0.05) is 6.92 Å². The van der Waals surface area contributed by atoms with Crippen LogP contribution in [0.5, 0.6) is 0 Å². The van der Waals surface area contributed by atoms with Crippen molar-refractivity contribution in [1.29, 1.82) is 5.26 Å². The maximum absolute atomic E-state index is 13.6. The first-order chi connectivity index (χ1) is 14.2. The topological polar surface area (TPSA) is 96.7 Å². The molecule has 2 bridgehead atoms. The van der Waals surface area contributed by atoms with Gasteiger partial charge in [-0.2, -0.15) is 5.26 Å². The Hall–Kier alpha value is -2.02. The zero-order valence-corrected chi connectivity index (χ0v) is 17.6. The predicted molar refractivity (Wildman–Crippen MR) is 105 cm³/mol. The molecule has 0 unspecified atom stereocenters. The number of nitriles is 1. The number of alkyl halides is 1. The molecule has 160 valence electrons. The third-order valence-electron chi connectivity index (χ3n) is 7.52. The maximum atomic E-state index is 13.6. The van der Waals surface area contributed by atoms with Crippen molar-refractivity contribution in [2.75, 3.05) is 17.3 Å². The third kappa shape index (κ3) is 2.30. The van der Waals surface area contributed by atoms with Crippen LogP contribution in [0.15, 0.2) is 18.2 Å². The number of sulfone groups is 1. The molecule has 4 fully saturated rings. The first kappa shape index (κ1) is 19.9. The number of ether oxygens (including phenoxy) is 2. The van der Waals surface area contributed by atoms with Crippen molar-refractivity contribution in [3.05, 3.63) is 29.3 Å². The summed E-state index contributed by atoms with van der Waals surface area (Å²) >= 11 is 0. The standard InChI is InChI=1S/C21H23FN2O5S/c1-3-30(26,27)15-9-21-6-7-28-19-17(21)16(20(15,2)29-21)18(25)24(19)14-5-4-12(11-23)13(8-14)10-22/h4-5,8,15-17,19H,3,6-7,9-10H2,1-2H3/t15-,16+,17-,19-,20+,21-/m0/s1. The van der Waals surface area contributed by atoms with Crippen LogP contribution in [0.3, 0.4) is 0 Å². The summed E-state index contributed by atoms with van der Waals surface area (Å²) in [6.45, 7) is 2.88. The Kier molecular flexibility index (Phi) is 4.15. The van der Waals surface area contributed by atoms with Crippen LogP contribution < -0.4 is 4.90 Å². The van der Waals surface area contributed by atoms with Gasteiger partial charge >= 0.3 is 0 Å². The number of hydrogen-bond donors (Lipinski definition) is 0. The van der Waals surface area contributed by atoms with Crippen molar-refractivity contribution in [1.82, 2.24) is 0 Å². The summed E-state index contributed by atoms with van der Waals surface area (Å²) in [5.74, 6) is -1.19. The van der Waals surface area contributed by atoms with Crippen molar-refractivity contribution in [2.45, 2.75) is 56.0 Å². The molecule has 5 rings (SSSR count). The van der Waals surface area contributed by atoms with Crippen molar-refractivity contribution >= 4 is 21.4 Å². The zero-order chi connectivity index (χ0) is 21.5. The van der Waals surface area contributed by atoms with Gasteiger partial charge in [-0.05, 0) is 31.5 Å². The van der Waals surface area contributed by atoms with Crippen LogP contribution in [0.2, 0.25) is 0 Å². The number of amides is 1. The van der Waals surface area contributed by atoms with Gasteiger partial charge in [0.2, 0.25) is 5.91 Å². The van der Waals surface area contributed by atoms with Crippen molar-refractivity contribution in [2.24, 2.45) is 11.8 Å². The van der Waals surface area contributed by atoms with Crippen LogP contribution in [-0.2, 0) is 30.8 Å². The normalized spacial score (nSPS) is 39.3. The summed E-state index contributed by atoms with van der Waals surface area (Å²) in [5.41, 5.74) is -0.941. The Morgan fingerprint density at radius 2 is 2.17 bits per heavy atom. The van der Waals surface area contributed by atoms with E-state index in [1.165, 1.54) is 17.0 Å². The van der Waals surface area contributed by atoms with Gasteiger partial charge in [0, 0.05) is 29.3 Å². The van der Waals surface area contributed by atoms with E-state index in [0.29, 0.717) is 25.1 Å². The van der Waals surface area contributed by atoms with Gasteiger partial charge in [0.25, 0.3) is 0 Å². The smallest absolute Gasteiger partial charge is 0.235 e. The lowest BCUT2D eigenvalue weighted by atomic mass is 9.66. The molecule has 1 aromatic carbocycles. The average molecular weight is 434 g/mol. The number of nitrogens with zero attached hydrogens (tertiary/aromatic N) is 2. The maximum Gasteiger partial charge on any atom is 0.235 e. The van der Waals surface area contributed by atoms with E-state index in [1.807, 2.05) is 6.07 Å². The Balaban J connectivity index is 1.61. The molecular weight excluding hydrogens is 411 g/mol. The lowest BCUT2D eigenvalue weighted by Gasteiger charge is -2.42. The molecule has 0 saturated carbocycles. The molecule has 0 N–H and O–H groups in total. The fourth-order valence-corrected chi connectivity index (χ4v) is 8.05. The quantitative estimate of drug-likeness (QED) is 0.720. The zero-order valence-electron chi connectivity index (χ0n) is 16.8. The molecule has 4 aliphatic heterocycles. The van der Waals surface area contributed by atoms with Gasteiger partial charge in [0.05, 0.1) is 40.6 Å². The second kappa shape index (κ2) is 6.25. The number of carbonyl (C=O) groups excluding carboxylic acids is 1. The van der Waals surface area contributed by atoms with Crippen LogP contribution in [0.4, 0.5) is 10.1 Å². The monoisotopic (exact) mass is 434 g/mol. The summed E-state index contributed by atoms with van der Waals surface area (Å²) in [6, 6.07) is 6.58. The highest BCUT2D eigenvalue weighted by Gasteiger charge is 2.79. The van der Waals surface area contributed by atoms with E-state index in [9.17, 15) is 22.9 Å². The van der Waals surface area contributed by atoms with E-state index in [1.54, 1.807) is 19.9 Å². The predicted octanol–water partition coefficient (Wildman–Crippen LogP) is 2.09. The van der Waals surface area contributed by atoms with Crippen molar-refractivity contribution < 1.29 is 27.1 Å². The molecule has 1 spiro atoms. The van der Waals surface area contributed by atoms with Gasteiger partial charge < -0.3 is 9.47 Å². The molecule has 6 atom stereocenters. The molecule has 9 heteroatoms. The Labute approximate surface area is 174 Å². The van der Waals surface area contributed by atoms with Crippen LogP contribution >= 0.6 is 0 Å². The first-order valence-corrected chi connectivity index (χ1v) is 11.9. The molecule has 4 saturated heterocycles. The highest BCUT2D eigenvalue weighted by Crippen LogP contribution is 2.66.